The van der Waals surface area contributed by atoms with Gasteiger partial charge in [0.1, 0.15) is 5.76 Å². The third-order valence-electron chi connectivity index (χ3n) is 3.77. The summed E-state index contributed by atoms with van der Waals surface area (Å²) in [6, 6.07) is 10.5. The summed E-state index contributed by atoms with van der Waals surface area (Å²) in [5.74, 6) is -0.748. The van der Waals surface area contributed by atoms with Crippen molar-refractivity contribution in [3.8, 4) is 0 Å². The fraction of sp³-hybridized carbons (Fsp3) is 0.316. The first-order chi connectivity index (χ1) is 12.5. The van der Waals surface area contributed by atoms with Crippen LogP contribution in [0, 0.1) is 0 Å². The van der Waals surface area contributed by atoms with Gasteiger partial charge >= 0.3 is 5.97 Å². The highest BCUT2D eigenvalue weighted by Crippen LogP contribution is 2.06. The second-order valence-corrected chi connectivity index (χ2v) is 5.73. The Morgan fingerprint density at radius 3 is 2.50 bits per heavy atom. The van der Waals surface area contributed by atoms with E-state index >= 15 is 0 Å². The topological polar surface area (TPSA) is 88.9 Å². The molecule has 0 saturated carbocycles. The number of esters is 1. The smallest absolute Gasteiger partial charge is 0.338 e. The number of aryl methyl sites for hydroxylation is 1. The standard InChI is InChI=1S/C19H22N2O5/c1-3-14-6-8-15(9-7-14)19(24)26-13-18(23)21(2)12-17(22)20-11-16-5-4-10-25-16/h4-10H,3,11-13H2,1-2H3,(H,20,22). The van der Waals surface area contributed by atoms with Crippen molar-refractivity contribution < 1.29 is 23.5 Å². The first kappa shape index (κ1) is 19.2. The zero-order chi connectivity index (χ0) is 18.9. The molecule has 1 aromatic heterocycles. The van der Waals surface area contributed by atoms with E-state index in [1.54, 1.807) is 24.3 Å². The maximum absolute atomic E-state index is 12.0. The van der Waals surface area contributed by atoms with E-state index in [1.807, 2.05) is 19.1 Å². The molecule has 0 unspecified atom stereocenters. The molecule has 7 nitrogen and oxygen atoms in total. The lowest BCUT2D eigenvalue weighted by atomic mass is 10.1. The Morgan fingerprint density at radius 2 is 1.88 bits per heavy atom. The maximum atomic E-state index is 12.0. The van der Waals surface area contributed by atoms with Crippen LogP contribution in [-0.2, 0) is 27.3 Å². The predicted octanol–water partition coefficient (Wildman–Crippen LogP) is 1.77. The van der Waals surface area contributed by atoms with Crippen LogP contribution in [-0.4, -0.2) is 42.9 Å². The molecule has 0 spiro atoms. The Labute approximate surface area is 151 Å². The monoisotopic (exact) mass is 358 g/mol. The summed E-state index contributed by atoms with van der Waals surface area (Å²) in [5.41, 5.74) is 1.49. The van der Waals surface area contributed by atoms with Crippen LogP contribution < -0.4 is 5.32 Å². The van der Waals surface area contributed by atoms with Crippen LogP contribution in [0.5, 0.6) is 0 Å². The second-order valence-electron chi connectivity index (χ2n) is 5.73. The molecule has 0 aliphatic rings. The predicted molar refractivity (Wildman–Crippen MR) is 94.3 cm³/mol. The molecule has 2 aromatic rings. The molecule has 0 bridgehead atoms. The van der Waals surface area contributed by atoms with Crippen molar-refractivity contribution in [2.24, 2.45) is 0 Å². The zero-order valence-corrected chi connectivity index (χ0v) is 14.9. The fourth-order valence-electron chi connectivity index (χ4n) is 2.16. The third-order valence-corrected chi connectivity index (χ3v) is 3.77. The normalized spacial score (nSPS) is 10.2. The number of nitrogens with zero attached hydrogens (tertiary/aromatic N) is 1. The van der Waals surface area contributed by atoms with Gasteiger partial charge in [-0.3, -0.25) is 9.59 Å². The van der Waals surface area contributed by atoms with Crippen LogP contribution in [0.1, 0.15) is 28.6 Å². The molecule has 0 saturated heterocycles. The molecular formula is C19H22N2O5. The van der Waals surface area contributed by atoms with E-state index < -0.39 is 18.5 Å². The average Bonchev–Trinajstić information content (AvgIpc) is 3.17. The van der Waals surface area contributed by atoms with Crippen molar-refractivity contribution >= 4 is 17.8 Å². The molecule has 2 rings (SSSR count). The average molecular weight is 358 g/mol. The van der Waals surface area contributed by atoms with Gasteiger partial charge < -0.3 is 19.4 Å². The van der Waals surface area contributed by atoms with Gasteiger partial charge in [-0.1, -0.05) is 19.1 Å². The number of hydrogen-bond donors (Lipinski definition) is 1. The van der Waals surface area contributed by atoms with Gasteiger partial charge in [-0.05, 0) is 36.2 Å². The largest absolute Gasteiger partial charge is 0.467 e. The lowest BCUT2D eigenvalue weighted by Gasteiger charge is -2.16. The summed E-state index contributed by atoms with van der Waals surface area (Å²) in [6.45, 7) is 1.71. The highest BCUT2D eigenvalue weighted by atomic mass is 16.5. The summed E-state index contributed by atoms with van der Waals surface area (Å²) in [5, 5.41) is 2.64. The van der Waals surface area contributed by atoms with Crippen molar-refractivity contribution in [2.45, 2.75) is 19.9 Å². The maximum Gasteiger partial charge on any atom is 0.338 e. The molecule has 138 valence electrons. The van der Waals surface area contributed by atoms with Crippen LogP contribution in [0.2, 0.25) is 0 Å². The minimum Gasteiger partial charge on any atom is -0.467 e. The number of likely N-dealkylation sites (N-methyl/N-ethyl adjacent to an activating group) is 1. The highest BCUT2D eigenvalue weighted by Gasteiger charge is 2.16. The van der Waals surface area contributed by atoms with Crippen molar-refractivity contribution in [2.75, 3.05) is 20.2 Å². The minimum absolute atomic E-state index is 0.137. The number of furan rings is 1. The number of ether oxygens (including phenoxy) is 1. The van der Waals surface area contributed by atoms with Crippen molar-refractivity contribution in [3.05, 3.63) is 59.5 Å². The van der Waals surface area contributed by atoms with Gasteiger partial charge in [-0.25, -0.2) is 4.79 Å². The lowest BCUT2D eigenvalue weighted by molar-refractivity contribution is -0.137. The van der Waals surface area contributed by atoms with E-state index in [4.69, 9.17) is 9.15 Å². The molecule has 2 amide bonds. The van der Waals surface area contributed by atoms with Crippen molar-refractivity contribution in [1.82, 2.24) is 10.2 Å². The quantitative estimate of drug-likeness (QED) is 0.727. The van der Waals surface area contributed by atoms with Gasteiger partial charge in [0.25, 0.3) is 5.91 Å². The molecule has 0 radical (unpaired) electrons. The van der Waals surface area contributed by atoms with Gasteiger partial charge in [0, 0.05) is 7.05 Å². The number of nitrogens with one attached hydrogen (secondary N) is 1. The molecule has 26 heavy (non-hydrogen) atoms. The number of carbonyl (C=O) groups is 3. The summed E-state index contributed by atoms with van der Waals surface area (Å²) in [6.07, 6.45) is 2.39. The molecule has 0 aliphatic heterocycles. The summed E-state index contributed by atoms with van der Waals surface area (Å²) >= 11 is 0. The van der Waals surface area contributed by atoms with Crippen LogP contribution in [0.4, 0.5) is 0 Å². The lowest BCUT2D eigenvalue weighted by Crippen LogP contribution is -2.39. The van der Waals surface area contributed by atoms with Crippen LogP contribution in [0.15, 0.2) is 47.1 Å². The number of benzene rings is 1. The molecule has 7 heteroatoms. The van der Waals surface area contributed by atoms with Crippen LogP contribution in [0.25, 0.3) is 0 Å². The summed E-state index contributed by atoms with van der Waals surface area (Å²) in [4.78, 5) is 37.0. The van der Waals surface area contributed by atoms with E-state index in [0.717, 1.165) is 12.0 Å². The van der Waals surface area contributed by atoms with Crippen LogP contribution in [0.3, 0.4) is 0 Å². The number of amides is 2. The minimum atomic E-state index is -0.573. The Hall–Kier alpha value is -3.09. The summed E-state index contributed by atoms with van der Waals surface area (Å²) < 4.78 is 10.1. The van der Waals surface area contributed by atoms with Crippen molar-refractivity contribution in [3.63, 3.8) is 0 Å². The second kappa shape index (κ2) is 9.41. The van der Waals surface area contributed by atoms with E-state index in [-0.39, 0.29) is 19.0 Å². The molecular weight excluding hydrogens is 336 g/mol. The molecule has 1 N–H and O–H groups in total. The SMILES string of the molecule is CCc1ccc(C(=O)OCC(=O)N(C)CC(=O)NCc2ccco2)cc1. The van der Waals surface area contributed by atoms with E-state index in [0.29, 0.717) is 11.3 Å². The van der Waals surface area contributed by atoms with Gasteiger partial charge in [0.15, 0.2) is 6.61 Å². The van der Waals surface area contributed by atoms with Gasteiger partial charge in [-0.15, -0.1) is 0 Å². The fourth-order valence-corrected chi connectivity index (χ4v) is 2.16. The summed E-state index contributed by atoms with van der Waals surface area (Å²) in [7, 11) is 1.47. The van der Waals surface area contributed by atoms with E-state index in [1.165, 1.54) is 18.2 Å². The molecule has 0 atom stereocenters. The van der Waals surface area contributed by atoms with E-state index in [2.05, 4.69) is 5.32 Å². The number of rotatable bonds is 8. The molecule has 0 aliphatic carbocycles. The Kier molecular flexibility index (Phi) is 6.96. The zero-order valence-electron chi connectivity index (χ0n) is 14.9. The third kappa shape index (κ3) is 5.77. The Morgan fingerprint density at radius 1 is 1.15 bits per heavy atom. The van der Waals surface area contributed by atoms with Gasteiger partial charge in [-0.2, -0.15) is 0 Å². The first-order valence-corrected chi connectivity index (χ1v) is 8.28. The first-order valence-electron chi connectivity index (χ1n) is 8.28. The number of carbonyl (C=O) groups excluding carboxylic acids is 3. The molecule has 1 heterocycles. The van der Waals surface area contributed by atoms with E-state index in [9.17, 15) is 14.4 Å². The number of hydrogen-bond acceptors (Lipinski definition) is 5. The Bertz CT molecular complexity index is 738. The Balaban J connectivity index is 1.73. The van der Waals surface area contributed by atoms with Crippen molar-refractivity contribution in [1.29, 1.82) is 0 Å². The van der Waals surface area contributed by atoms with Gasteiger partial charge in [0.05, 0.1) is 24.9 Å². The molecule has 0 fully saturated rings. The van der Waals surface area contributed by atoms with Gasteiger partial charge in [0.2, 0.25) is 5.91 Å². The highest BCUT2D eigenvalue weighted by molar-refractivity contribution is 5.92. The molecule has 1 aromatic carbocycles. The van der Waals surface area contributed by atoms with Crippen LogP contribution >= 0.6 is 0 Å².